The summed E-state index contributed by atoms with van der Waals surface area (Å²) >= 11 is 0. The van der Waals surface area contributed by atoms with Crippen molar-refractivity contribution in [1.29, 1.82) is 0 Å². The first-order valence-corrected chi connectivity index (χ1v) is 6.49. The topological polar surface area (TPSA) is 38.3 Å². The molecule has 1 heterocycles. The highest BCUT2D eigenvalue weighted by Gasteiger charge is 2.32. The molecule has 0 radical (unpaired) electrons. The van der Waals surface area contributed by atoms with Gasteiger partial charge in [-0.05, 0) is 39.2 Å². The number of hydrogen-bond donors (Lipinski definition) is 1. The van der Waals surface area contributed by atoms with Gasteiger partial charge in [0.25, 0.3) is 0 Å². The minimum Gasteiger partial charge on any atom is -0.459 e. The number of benzene rings is 1. The molecular formula is C15H21NO2. The van der Waals surface area contributed by atoms with Gasteiger partial charge in [-0.1, -0.05) is 30.3 Å². The Balaban J connectivity index is 1.95. The van der Waals surface area contributed by atoms with Crippen molar-refractivity contribution in [1.82, 2.24) is 5.32 Å². The van der Waals surface area contributed by atoms with Crippen LogP contribution in [0.25, 0.3) is 0 Å². The normalized spacial score (nSPS) is 23.9. The van der Waals surface area contributed by atoms with Crippen LogP contribution in [-0.2, 0) is 9.53 Å². The summed E-state index contributed by atoms with van der Waals surface area (Å²) < 4.78 is 5.40. The summed E-state index contributed by atoms with van der Waals surface area (Å²) in [6, 6.07) is 10.3. The summed E-state index contributed by atoms with van der Waals surface area (Å²) in [5.41, 5.74) is 0.826. The molecule has 1 aliphatic rings. The van der Waals surface area contributed by atoms with Gasteiger partial charge in [0.05, 0.1) is 0 Å². The van der Waals surface area contributed by atoms with E-state index in [0.717, 1.165) is 12.8 Å². The van der Waals surface area contributed by atoms with E-state index in [1.807, 2.05) is 39.0 Å². The van der Waals surface area contributed by atoms with Crippen LogP contribution < -0.4 is 5.32 Å². The first-order valence-electron chi connectivity index (χ1n) is 6.49. The smallest absolute Gasteiger partial charge is 0.323 e. The lowest BCUT2D eigenvalue weighted by Crippen LogP contribution is -2.38. The van der Waals surface area contributed by atoms with E-state index < -0.39 is 5.60 Å². The lowest BCUT2D eigenvalue weighted by atomic mass is 10.1. The Morgan fingerprint density at radius 3 is 2.50 bits per heavy atom. The molecule has 1 fully saturated rings. The lowest BCUT2D eigenvalue weighted by molar-refractivity contribution is -0.157. The van der Waals surface area contributed by atoms with Crippen molar-refractivity contribution in [2.75, 3.05) is 0 Å². The summed E-state index contributed by atoms with van der Waals surface area (Å²) in [4.78, 5) is 12.0. The van der Waals surface area contributed by atoms with E-state index in [2.05, 4.69) is 17.4 Å². The zero-order chi connectivity index (χ0) is 13.2. The summed E-state index contributed by atoms with van der Waals surface area (Å²) in [5.74, 6) is -0.138. The van der Waals surface area contributed by atoms with Crippen LogP contribution >= 0.6 is 0 Å². The Kier molecular flexibility index (Phi) is 3.71. The molecule has 0 bridgehead atoms. The first kappa shape index (κ1) is 13.1. The Bertz CT molecular complexity index is 408. The molecular weight excluding hydrogens is 226 g/mol. The number of nitrogens with one attached hydrogen (secondary N) is 1. The molecule has 1 saturated heterocycles. The van der Waals surface area contributed by atoms with Crippen LogP contribution in [0.5, 0.6) is 0 Å². The van der Waals surface area contributed by atoms with E-state index >= 15 is 0 Å². The quantitative estimate of drug-likeness (QED) is 0.817. The van der Waals surface area contributed by atoms with Gasteiger partial charge in [-0.2, -0.15) is 0 Å². The molecule has 2 rings (SSSR count). The van der Waals surface area contributed by atoms with Crippen LogP contribution in [0.1, 0.15) is 45.2 Å². The SMILES string of the molecule is CC(C)(C)OC(=O)[C@@H]1CC[C@@H](c2ccccc2)N1. The molecule has 1 aliphatic heterocycles. The zero-order valence-electron chi connectivity index (χ0n) is 11.3. The Labute approximate surface area is 109 Å². The van der Waals surface area contributed by atoms with E-state index in [1.165, 1.54) is 5.56 Å². The van der Waals surface area contributed by atoms with Crippen LogP contribution in [0.2, 0.25) is 0 Å². The molecule has 0 aliphatic carbocycles. The predicted octanol–water partition coefficient (Wildman–Crippen LogP) is 2.82. The number of carbonyl (C=O) groups is 1. The summed E-state index contributed by atoms with van der Waals surface area (Å²) in [6.07, 6.45) is 1.82. The minimum atomic E-state index is -0.413. The van der Waals surface area contributed by atoms with Gasteiger partial charge in [-0.15, -0.1) is 0 Å². The number of carbonyl (C=O) groups excluding carboxylic acids is 1. The van der Waals surface area contributed by atoms with E-state index in [1.54, 1.807) is 0 Å². The first-order chi connectivity index (χ1) is 8.46. The average Bonchev–Trinajstić information content (AvgIpc) is 2.77. The maximum absolute atomic E-state index is 12.0. The van der Waals surface area contributed by atoms with E-state index in [4.69, 9.17) is 4.74 Å². The highest BCUT2D eigenvalue weighted by molar-refractivity contribution is 5.76. The van der Waals surface area contributed by atoms with Crippen LogP contribution in [0.3, 0.4) is 0 Å². The third kappa shape index (κ3) is 3.33. The summed E-state index contributed by atoms with van der Waals surface area (Å²) in [7, 11) is 0. The summed E-state index contributed by atoms with van der Waals surface area (Å²) in [6.45, 7) is 5.69. The molecule has 1 N–H and O–H groups in total. The van der Waals surface area contributed by atoms with Gasteiger partial charge in [0.1, 0.15) is 11.6 Å². The fourth-order valence-electron chi connectivity index (χ4n) is 2.25. The number of hydrogen-bond acceptors (Lipinski definition) is 3. The second-order valence-corrected chi connectivity index (χ2v) is 5.79. The predicted molar refractivity (Wildman–Crippen MR) is 71.2 cm³/mol. The zero-order valence-corrected chi connectivity index (χ0v) is 11.3. The third-order valence-electron chi connectivity index (χ3n) is 3.04. The lowest BCUT2D eigenvalue weighted by Gasteiger charge is -2.22. The molecule has 0 spiro atoms. The molecule has 2 atom stereocenters. The van der Waals surface area contributed by atoms with Crippen molar-refractivity contribution >= 4 is 5.97 Å². The second-order valence-electron chi connectivity index (χ2n) is 5.79. The summed E-state index contributed by atoms with van der Waals surface area (Å²) in [5, 5.41) is 3.36. The monoisotopic (exact) mass is 247 g/mol. The molecule has 98 valence electrons. The van der Waals surface area contributed by atoms with E-state index in [9.17, 15) is 4.79 Å². The fourth-order valence-corrected chi connectivity index (χ4v) is 2.25. The number of rotatable bonds is 2. The largest absolute Gasteiger partial charge is 0.459 e. The van der Waals surface area contributed by atoms with Gasteiger partial charge < -0.3 is 4.74 Å². The van der Waals surface area contributed by atoms with Crippen molar-refractivity contribution in [3.63, 3.8) is 0 Å². The van der Waals surface area contributed by atoms with Crippen molar-refractivity contribution in [2.45, 2.75) is 51.3 Å². The maximum Gasteiger partial charge on any atom is 0.323 e. The molecule has 0 unspecified atom stereocenters. The van der Waals surface area contributed by atoms with Crippen LogP contribution in [0.4, 0.5) is 0 Å². The fraction of sp³-hybridized carbons (Fsp3) is 0.533. The molecule has 0 saturated carbocycles. The second kappa shape index (κ2) is 5.11. The Morgan fingerprint density at radius 1 is 1.22 bits per heavy atom. The molecule has 0 aromatic heterocycles. The third-order valence-corrected chi connectivity index (χ3v) is 3.04. The van der Waals surface area contributed by atoms with Crippen molar-refractivity contribution in [2.24, 2.45) is 0 Å². The molecule has 3 nitrogen and oxygen atoms in total. The maximum atomic E-state index is 12.0. The van der Waals surface area contributed by atoms with Gasteiger partial charge >= 0.3 is 5.97 Å². The average molecular weight is 247 g/mol. The molecule has 3 heteroatoms. The van der Waals surface area contributed by atoms with Crippen molar-refractivity contribution in [3.05, 3.63) is 35.9 Å². The van der Waals surface area contributed by atoms with Gasteiger partial charge in [0.2, 0.25) is 0 Å². The highest BCUT2D eigenvalue weighted by Crippen LogP contribution is 2.27. The molecule has 1 aromatic rings. The Hall–Kier alpha value is -1.35. The number of esters is 1. The van der Waals surface area contributed by atoms with Gasteiger partial charge in [-0.3, -0.25) is 10.1 Å². The number of ether oxygens (including phenoxy) is 1. The van der Waals surface area contributed by atoms with Gasteiger partial charge in [0, 0.05) is 6.04 Å². The van der Waals surface area contributed by atoms with Gasteiger partial charge in [-0.25, -0.2) is 0 Å². The van der Waals surface area contributed by atoms with Crippen LogP contribution in [-0.4, -0.2) is 17.6 Å². The van der Waals surface area contributed by atoms with Crippen molar-refractivity contribution in [3.8, 4) is 0 Å². The van der Waals surface area contributed by atoms with Crippen molar-refractivity contribution < 1.29 is 9.53 Å². The van der Waals surface area contributed by atoms with Crippen LogP contribution in [0.15, 0.2) is 30.3 Å². The van der Waals surface area contributed by atoms with E-state index in [-0.39, 0.29) is 18.1 Å². The molecule has 1 aromatic carbocycles. The minimum absolute atomic E-state index is 0.138. The molecule has 18 heavy (non-hydrogen) atoms. The molecule has 0 amide bonds. The van der Waals surface area contributed by atoms with Crippen LogP contribution in [0, 0.1) is 0 Å². The highest BCUT2D eigenvalue weighted by atomic mass is 16.6. The van der Waals surface area contributed by atoms with Gasteiger partial charge in [0.15, 0.2) is 0 Å². The standard InChI is InChI=1S/C15H21NO2/c1-15(2,3)18-14(17)13-10-9-12(16-13)11-7-5-4-6-8-11/h4-8,12-13,16H,9-10H2,1-3H3/t12-,13-/m0/s1. The Morgan fingerprint density at radius 2 is 1.89 bits per heavy atom. The van der Waals surface area contributed by atoms with E-state index in [0.29, 0.717) is 0 Å².